The van der Waals surface area contributed by atoms with Crippen molar-refractivity contribution in [1.82, 2.24) is 24.1 Å². The van der Waals surface area contributed by atoms with Crippen molar-refractivity contribution in [3.8, 4) is 11.4 Å². The Bertz CT molecular complexity index is 1310. The van der Waals surface area contributed by atoms with Crippen molar-refractivity contribution >= 4 is 17.4 Å². The summed E-state index contributed by atoms with van der Waals surface area (Å²) in [6.45, 7) is 3.32. The van der Waals surface area contributed by atoms with E-state index in [0.29, 0.717) is 34.6 Å². The van der Waals surface area contributed by atoms with Gasteiger partial charge in [0.05, 0.1) is 18.3 Å². The number of rotatable bonds is 6. The number of fused-ring (bicyclic) bond motifs is 1. The van der Waals surface area contributed by atoms with Gasteiger partial charge in [-0.1, -0.05) is 17.8 Å². The SMILES string of the molecule is Cc1ccc2nc(CSc3nnc(-c4ccc(F)cc4)n3C[C@H]3CCCO3)cc(=O)n2c1. The van der Waals surface area contributed by atoms with Crippen molar-refractivity contribution in [2.45, 2.75) is 43.3 Å². The molecule has 1 atom stereocenters. The first-order valence-corrected chi connectivity index (χ1v) is 11.5. The number of halogens is 1. The second-order valence-corrected chi connectivity index (χ2v) is 8.81. The number of hydrogen-bond donors (Lipinski definition) is 0. The molecule has 1 saturated heterocycles. The van der Waals surface area contributed by atoms with E-state index in [9.17, 15) is 9.18 Å². The fourth-order valence-corrected chi connectivity index (χ4v) is 4.68. The monoisotopic (exact) mass is 451 g/mol. The predicted octanol–water partition coefficient (Wildman–Crippen LogP) is 3.87. The van der Waals surface area contributed by atoms with Crippen molar-refractivity contribution in [1.29, 1.82) is 0 Å². The molecule has 0 aliphatic carbocycles. The maximum atomic E-state index is 13.4. The van der Waals surface area contributed by atoms with Crippen LogP contribution in [0.15, 0.2) is 58.6 Å². The molecule has 1 aliphatic heterocycles. The topological polar surface area (TPSA) is 74.3 Å². The van der Waals surface area contributed by atoms with E-state index < -0.39 is 0 Å². The molecular formula is C23H22FN5O2S. The molecule has 0 radical (unpaired) electrons. The molecule has 0 bridgehead atoms. The van der Waals surface area contributed by atoms with Crippen LogP contribution in [0.3, 0.4) is 0 Å². The summed E-state index contributed by atoms with van der Waals surface area (Å²) in [5, 5.41) is 9.47. The lowest BCUT2D eigenvalue weighted by atomic mass is 10.2. The highest BCUT2D eigenvalue weighted by Crippen LogP contribution is 2.28. The van der Waals surface area contributed by atoms with Gasteiger partial charge in [0.15, 0.2) is 11.0 Å². The third-order valence-electron chi connectivity index (χ3n) is 5.44. The second kappa shape index (κ2) is 8.84. The van der Waals surface area contributed by atoms with Crippen LogP contribution in [0.25, 0.3) is 17.0 Å². The first-order chi connectivity index (χ1) is 15.6. The quantitative estimate of drug-likeness (QED) is 0.414. The van der Waals surface area contributed by atoms with Crippen LogP contribution in [-0.4, -0.2) is 36.9 Å². The molecule has 3 aromatic heterocycles. The molecule has 32 heavy (non-hydrogen) atoms. The van der Waals surface area contributed by atoms with Crippen molar-refractivity contribution in [2.24, 2.45) is 0 Å². The molecule has 7 nitrogen and oxygen atoms in total. The van der Waals surface area contributed by atoms with Gasteiger partial charge in [0.1, 0.15) is 11.5 Å². The Morgan fingerprint density at radius 1 is 1.19 bits per heavy atom. The van der Waals surface area contributed by atoms with E-state index in [1.54, 1.807) is 28.8 Å². The van der Waals surface area contributed by atoms with Gasteiger partial charge in [0, 0.05) is 30.2 Å². The zero-order chi connectivity index (χ0) is 22.1. The van der Waals surface area contributed by atoms with Gasteiger partial charge in [-0.15, -0.1) is 10.2 Å². The second-order valence-electron chi connectivity index (χ2n) is 7.87. The largest absolute Gasteiger partial charge is 0.376 e. The molecule has 0 unspecified atom stereocenters. The molecular weight excluding hydrogens is 429 g/mol. The Kier molecular flexibility index (Phi) is 5.75. The normalized spacial score (nSPS) is 16.1. The van der Waals surface area contributed by atoms with Gasteiger partial charge in [0.2, 0.25) is 0 Å². The van der Waals surface area contributed by atoms with Gasteiger partial charge in [-0.25, -0.2) is 9.37 Å². The van der Waals surface area contributed by atoms with E-state index in [2.05, 4.69) is 15.2 Å². The molecule has 5 rings (SSSR count). The number of thioether (sulfide) groups is 1. The number of ether oxygens (including phenoxy) is 1. The molecule has 0 amide bonds. The Hall–Kier alpha value is -3.04. The number of hydrogen-bond acceptors (Lipinski definition) is 6. The Morgan fingerprint density at radius 3 is 2.81 bits per heavy atom. The van der Waals surface area contributed by atoms with Crippen LogP contribution < -0.4 is 5.56 Å². The summed E-state index contributed by atoms with van der Waals surface area (Å²) in [6.07, 6.45) is 3.89. The van der Waals surface area contributed by atoms with Crippen molar-refractivity contribution in [3.63, 3.8) is 0 Å². The van der Waals surface area contributed by atoms with Gasteiger partial charge < -0.3 is 4.74 Å². The number of aryl methyl sites for hydroxylation is 1. The lowest BCUT2D eigenvalue weighted by Gasteiger charge is -2.14. The smallest absolute Gasteiger partial charge is 0.258 e. The molecule has 1 aliphatic rings. The third-order valence-corrected chi connectivity index (χ3v) is 6.44. The molecule has 9 heteroatoms. The maximum Gasteiger partial charge on any atom is 0.258 e. The summed E-state index contributed by atoms with van der Waals surface area (Å²) < 4.78 is 22.8. The highest BCUT2D eigenvalue weighted by Gasteiger charge is 2.22. The molecule has 0 spiro atoms. The minimum atomic E-state index is -0.294. The van der Waals surface area contributed by atoms with Crippen LogP contribution in [0.4, 0.5) is 4.39 Å². The maximum absolute atomic E-state index is 13.4. The summed E-state index contributed by atoms with van der Waals surface area (Å²) in [7, 11) is 0. The Labute approximate surface area is 188 Å². The first-order valence-electron chi connectivity index (χ1n) is 10.5. The van der Waals surface area contributed by atoms with Gasteiger partial charge in [-0.3, -0.25) is 13.8 Å². The summed E-state index contributed by atoms with van der Waals surface area (Å²) in [5.41, 5.74) is 2.98. The van der Waals surface area contributed by atoms with Crippen LogP contribution in [0.2, 0.25) is 0 Å². The average Bonchev–Trinajstić information content (AvgIpc) is 3.44. The number of benzene rings is 1. The zero-order valence-electron chi connectivity index (χ0n) is 17.6. The van der Waals surface area contributed by atoms with E-state index in [-0.39, 0.29) is 17.5 Å². The highest BCUT2D eigenvalue weighted by molar-refractivity contribution is 7.98. The molecule has 0 N–H and O–H groups in total. The Morgan fingerprint density at radius 2 is 2.03 bits per heavy atom. The summed E-state index contributed by atoms with van der Waals surface area (Å²) in [4.78, 5) is 17.1. The number of aromatic nitrogens is 5. The summed E-state index contributed by atoms with van der Waals surface area (Å²) in [5.74, 6) is 0.856. The van der Waals surface area contributed by atoms with E-state index in [4.69, 9.17) is 4.74 Å². The van der Waals surface area contributed by atoms with E-state index in [0.717, 1.165) is 30.6 Å². The third kappa shape index (κ3) is 4.31. The van der Waals surface area contributed by atoms with Crippen LogP contribution in [0, 0.1) is 12.7 Å². The molecule has 1 fully saturated rings. The molecule has 4 aromatic rings. The fraction of sp³-hybridized carbons (Fsp3) is 0.304. The molecule has 1 aromatic carbocycles. The van der Waals surface area contributed by atoms with Crippen LogP contribution in [0.5, 0.6) is 0 Å². The minimum absolute atomic E-state index is 0.0937. The van der Waals surface area contributed by atoms with Crippen molar-refractivity contribution in [2.75, 3.05) is 6.61 Å². The van der Waals surface area contributed by atoms with E-state index in [1.165, 1.54) is 23.9 Å². The zero-order valence-corrected chi connectivity index (χ0v) is 18.4. The predicted molar refractivity (Wildman–Crippen MR) is 120 cm³/mol. The van der Waals surface area contributed by atoms with E-state index in [1.807, 2.05) is 23.6 Å². The van der Waals surface area contributed by atoms with Gasteiger partial charge in [-0.2, -0.15) is 0 Å². The summed E-state index contributed by atoms with van der Waals surface area (Å²) >= 11 is 1.47. The van der Waals surface area contributed by atoms with Crippen molar-refractivity contribution < 1.29 is 9.13 Å². The molecule has 164 valence electrons. The lowest BCUT2D eigenvalue weighted by Crippen LogP contribution is -2.17. The van der Waals surface area contributed by atoms with Gasteiger partial charge in [-0.05, 0) is 55.7 Å². The highest BCUT2D eigenvalue weighted by atomic mass is 32.2. The number of nitrogens with zero attached hydrogens (tertiary/aromatic N) is 5. The van der Waals surface area contributed by atoms with Crippen molar-refractivity contribution in [3.05, 3.63) is 76.1 Å². The summed E-state index contributed by atoms with van der Waals surface area (Å²) in [6, 6.07) is 11.6. The lowest BCUT2D eigenvalue weighted by molar-refractivity contribution is 0.0953. The average molecular weight is 452 g/mol. The minimum Gasteiger partial charge on any atom is -0.376 e. The molecule has 4 heterocycles. The standard InChI is InChI=1S/C23H22FN5O2S/c1-15-4-9-20-25-18(11-21(30)28(20)12-15)14-32-23-27-26-22(16-5-7-17(24)8-6-16)29(23)13-19-3-2-10-31-19/h4-9,11-12,19H,2-3,10,13-14H2,1H3/t19-/m1/s1. The van der Waals surface area contributed by atoms with Crippen LogP contribution in [0.1, 0.15) is 24.1 Å². The van der Waals surface area contributed by atoms with E-state index >= 15 is 0 Å². The van der Waals surface area contributed by atoms with Gasteiger partial charge in [0.25, 0.3) is 5.56 Å². The Balaban J connectivity index is 1.44. The van der Waals surface area contributed by atoms with Crippen LogP contribution >= 0.6 is 11.8 Å². The fourth-order valence-electron chi connectivity index (χ4n) is 3.84. The number of pyridine rings is 1. The van der Waals surface area contributed by atoms with Crippen LogP contribution in [-0.2, 0) is 17.0 Å². The molecule has 0 saturated carbocycles. The first kappa shape index (κ1) is 20.8. The van der Waals surface area contributed by atoms with Gasteiger partial charge >= 0.3 is 0 Å².